The van der Waals surface area contributed by atoms with E-state index in [9.17, 15) is 4.79 Å². The van der Waals surface area contributed by atoms with Crippen molar-refractivity contribution in [1.29, 1.82) is 0 Å². The standard InChI is InChI=1S/C17H24N4O2S/c1-11(2)15-19-16(23-20-15)13-6-8-14(9-7-13)18-17(22)21(4)12(3)10-24-5/h6-9,11-12H,10H2,1-5H3,(H,18,22)/t12-/m0/s1. The molecule has 2 rings (SSSR count). The molecule has 1 atom stereocenters. The minimum Gasteiger partial charge on any atom is -0.334 e. The van der Waals surface area contributed by atoms with Gasteiger partial charge in [0.2, 0.25) is 0 Å². The molecule has 24 heavy (non-hydrogen) atoms. The van der Waals surface area contributed by atoms with Crippen LogP contribution in [0.4, 0.5) is 10.5 Å². The Kier molecular flexibility index (Phi) is 6.25. The zero-order valence-corrected chi connectivity index (χ0v) is 15.6. The van der Waals surface area contributed by atoms with Crippen molar-refractivity contribution < 1.29 is 9.32 Å². The second-order valence-corrected chi connectivity index (χ2v) is 6.95. The van der Waals surface area contributed by atoms with Gasteiger partial charge in [0.1, 0.15) is 0 Å². The van der Waals surface area contributed by atoms with E-state index in [1.165, 1.54) is 0 Å². The highest BCUT2D eigenvalue weighted by Gasteiger charge is 2.16. The van der Waals surface area contributed by atoms with Crippen LogP contribution in [0.3, 0.4) is 0 Å². The molecule has 1 aromatic heterocycles. The number of aromatic nitrogens is 2. The molecule has 1 N–H and O–H groups in total. The summed E-state index contributed by atoms with van der Waals surface area (Å²) in [6, 6.07) is 7.44. The minimum absolute atomic E-state index is 0.121. The Balaban J connectivity index is 2.02. The molecule has 2 amide bonds. The Morgan fingerprint density at radius 1 is 1.29 bits per heavy atom. The number of nitrogens with one attached hydrogen (secondary N) is 1. The molecule has 0 aliphatic heterocycles. The van der Waals surface area contributed by atoms with E-state index in [-0.39, 0.29) is 18.0 Å². The Hall–Kier alpha value is -2.02. The van der Waals surface area contributed by atoms with Gasteiger partial charge in [-0.15, -0.1) is 0 Å². The SMILES string of the molecule is CSC[C@H](C)N(C)C(=O)Nc1ccc(-c2nc(C(C)C)no2)cc1. The monoisotopic (exact) mass is 348 g/mol. The summed E-state index contributed by atoms with van der Waals surface area (Å²) in [5.74, 6) is 2.30. The number of urea groups is 1. The fourth-order valence-electron chi connectivity index (χ4n) is 2.05. The van der Waals surface area contributed by atoms with Crippen molar-refractivity contribution in [3.8, 4) is 11.5 Å². The molecule has 0 aliphatic rings. The highest BCUT2D eigenvalue weighted by molar-refractivity contribution is 7.98. The summed E-state index contributed by atoms with van der Waals surface area (Å²) in [5, 5.41) is 6.85. The quantitative estimate of drug-likeness (QED) is 0.852. The van der Waals surface area contributed by atoms with Crippen LogP contribution in [-0.2, 0) is 0 Å². The van der Waals surface area contributed by atoms with E-state index < -0.39 is 0 Å². The summed E-state index contributed by atoms with van der Waals surface area (Å²) in [7, 11) is 1.80. The first-order valence-electron chi connectivity index (χ1n) is 7.89. The molecule has 0 radical (unpaired) electrons. The average Bonchev–Trinajstić information content (AvgIpc) is 3.05. The summed E-state index contributed by atoms with van der Waals surface area (Å²) >= 11 is 1.72. The molecular formula is C17H24N4O2S. The van der Waals surface area contributed by atoms with Crippen LogP contribution in [0, 0.1) is 0 Å². The topological polar surface area (TPSA) is 71.3 Å². The van der Waals surface area contributed by atoms with Crippen LogP contribution in [0.15, 0.2) is 28.8 Å². The largest absolute Gasteiger partial charge is 0.334 e. The van der Waals surface area contributed by atoms with Crippen molar-refractivity contribution in [2.45, 2.75) is 32.7 Å². The molecule has 0 saturated heterocycles. The number of carbonyl (C=O) groups excluding carboxylic acids is 1. The molecule has 6 nitrogen and oxygen atoms in total. The molecule has 7 heteroatoms. The van der Waals surface area contributed by atoms with Gasteiger partial charge in [-0.05, 0) is 37.4 Å². The third-order valence-corrected chi connectivity index (χ3v) is 4.55. The van der Waals surface area contributed by atoms with Gasteiger partial charge in [0.15, 0.2) is 5.82 Å². The van der Waals surface area contributed by atoms with Crippen molar-refractivity contribution in [1.82, 2.24) is 15.0 Å². The van der Waals surface area contributed by atoms with Crippen molar-refractivity contribution in [2.24, 2.45) is 0 Å². The first-order chi connectivity index (χ1) is 11.4. The van der Waals surface area contributed by atoms with E-state index in [1.807, 2.05) is 51.3 Å². The fourth-order valence-corrected chi connectivity index (χ4v) is 2.75. The van der Waals surface area contributed by atoms with Crippen molar-refractivity contribution >= 4 is 23.5 Å². The molecule has 130 valence electrons. The van der Waals surface area contributed by atoms with Crippen molar-refractivity contribution in [3.05, 3.63) is 30.1 Å². The highest BCUT2D eigenvalue weighted by Crippen LogP contribution is 2.22. The van der Waals surface area contributed by atoms with Gasteiger partial charge in [0.05, 0.1) is 0 Å². The molecule has 0 bridgehead atoms. The molecule has 0 saturated carbocycles. The molecule has 1 aromatic carbocycles. The Bertz CT molecular complexity index is 669. The maximum atomic E-state index is 12.2. The maximum Gasteiger partial charge on any atom is 0.321 e. The fraction of sp³-hybridized carbons (Fsp3) is 0.471. The van der Waals surface area contributed by atoms with Gasteiger partial charge in [-0.25, -0.2) is 4.79 Å². The Labute approximate surface area is 147 Å². The van der Waals surface area contributed by atoms with Crippen LogP contribution in [0.1, 0.15) is 32.5 Å². The summed E-state index contributed by atoms with van der Waals surface area (Å²) in [5.41, 5.74) is 1.56. The van der Waals surface area contributed by atoms with E-state index in [2.05, 4.69) is 15.5 Å². The minimum atomic E-state index is -0.121. The van der Waals surface area contributed by atoms with E-state index in [0.717, 1.165) is 17.0 Å². The lowest BCUT2D eigenvalue weighted by molar-refractivity contribution is 0.212. The second kappa shape index (κ2) is 8.19. The third kappa shape index (κ3) is 4.50. The lowest BCUT2D eigenvalue weighted by Crippen LogP contribution is -2.39. The van der Waals surface area contributed by atoms with E-state index in [4.69, 9.17) is 4.52 Å². The summed E-state index contributed by atoms with van der Waals surface area (Å²) in [4.78, 5) is 18.3. The van der Waals surface area contributed by atoms with Crippen LogP contribution in [-0.4, -0.2) is 46.2 Å². The molecule has 0 unspecified atom stereocenters. The molecule has 1 heterocycles. The number of hydrogen-bond acceptors (Lipinski definition) is 5. The van der Waals surface area contributed by atoms with Gasteiger partial charge in [-0.2, -0.15) is 16.7 Å². The van der Waals surface area contributed by atoms with Gasteiger partial charge >= 0.3 is 6.03 Å². The van der Waals surface area contributed by atoms with Crippen LogP contribution >= 0.6 is 11.8 Å². The van der Waals surface area contributed by atoms with Crippen molar-refractivity contribution in [3.63, 3.8) is 0 Å². The van der Waals surface area contributed by atoms with Crippen LogP contribution in [0.5, 0.6) is 0 Å². The lowest BCUT2D eigenvalue weighted by atomic mass is 10.2. The lowest BCUT2D eigenvalue weighted by Gasteiger charge is -2.24. The van der Waals surface area contributed by atoms with Gasteiger partial charge in [0.25, 0.3) is 5.89 Å². The van der Waals surface area contributed by atoms with Crippen LogP contribution in [0.2, 0.25) is 0 Å². The molecule has 0 spiro atoms. The number of rotatable bonds is 6. The summed E-state index contributed by atoms with van der Waals surface area (Å²) in [6.45, 7) is 6.06. The number of anilines is 1. The predicted molar refractivity (Wildman–Crippen MR) is 98.4 cm³/mol. The smallest absolute Gasteiger partial charge is 0.321 e. The molecule has 0 fully saturated rings. The van der Waals surface area contributed by atoms with Crippen molar-refractivity contribution in [2.75, 3.05) is 24.4 Å². The van der Waals surface area contributed by atoms with Gasteiger partial charge < -0.3 is 14.7 Å². The average molecular weight is 348 g/mol. The second-order valence-electron chi connectivity index (χ2n) is 6.04. The van der Waals surface area contributed by atoms with E-state index >= 15 is 0 Å². The summed E-state index contributed by atoms with van der Waals surface area (Å²) in [6.07, 6.45) is 2.03. The number of benzene rings is 1. The number of thioether (sulfide) groups is 1. The maximum absolute atomic E-state index is 12.2. The molecule has 0 aliphatic carbocycles. The highest BCUT2D eigenvalue weighted by atomic mass is 32.2. The number of amides is 2. The predicted octanol–water partition coefficient (Wildman–Crippen LogP) is 4.08. The summed E-state index contributed by atoms with van der Waals surface area (Å²) < 4.78 is 5.27. The van der Waals surface area contributed by atoms with Crippen LogP contribution in [0.25, 0.3) is 11.5 Å². The van der Waals surface area contributed by atoms with Gasteiger partial charge in [-0.1, -0.05) is 19.0 Å². The normalized spacial score (nSPS) is 12.2. The zero-order chi connectivity index (χ0) is 17.7. The number of nitrogens with zero attached hydrogens (tertiary/aromatic N) is 3. The van der Waals surface area contributed by atoms with Crippen LogP contribution < -0.4 is 5.32 Å². The number of carbonyl (C=O) groups is 1. The van der Waals surface area contributed by atoms with E-state index in [0.29, 0.717) is 11.7 Å². The molecular weight excluding hydrogens is 324 g/mol. The Morgan fingerprint density at radius 3 is 2.50 bits per heavy atom. The first-order valence-corrected chi connectivity index (χ1v) is 9.28. The number of hydrogen-bond donors (Lipinski definition) is 1. The Morgan fingerprint density at radius 2 is 1.96 bits per heavy atom. The zero-order valence-electron chi connectivity index (χ0n) is 14.7. The van der Waals surface area contributed by atoms with E-state index in [1.54, 1.807) is 23.7 Å². The van der Waals surface area contributed by atoms with Gasteiger partial charge in [0, 0.05) is 36.0 Å². The first kappa shape index (κ1) is 18.3. The molecule has 2 aromatic rings. The third-order valence-electron chi connectivity index (χ3n) is 3.73. The van der Waals surface area contributed by atoms with Gasteiger partial charge in [-0.3, -0.25) is 0 Å².